The molecule has 1 saturated carbocycles. The van der Waals surface area contributed by atoms with Crippen LogP contribution in [0.3, 0.4) is 0 Å². The number of carboxylic acids is 1. The van der Waals surface area contributed by atoms with Crippen molar-refractivity contribution in [2.24, 2.45) is 5.92 Å². The molecular weight excluding hydrogens is 324 g/mol. The van der Waals surface area contributed by atoms with E-state index >= 15 is 0 Å². The monoisotopic (exact) mass is 340 g/mol. The zero-order valence-corrected chi connectivity index (χ0v) is 13.0. The predicted molar refractivity (Wildman–Crippen MR) is 80.1 cm³/mol. The van der Waals surface area contributed by atoms with Gasteiger partial charge in [0.15, 0.2) is 0 Å². The number of hydrogen-bond acceptors (Lipinski definition) is 2. The first-order valence-electron chi connectivity index (χ1n) is 6.41. The maximum absolute atomic E-state index is 12.0. The number of rotatable bonds is 4. The van der Waals surface area contributed by atoms with Crippen molar-refractivity contribution in [3.63, 3.8) is 0 Å². The molecule has 5 nitrogen and oxygen atoms in total. The van der Waals surface area contributed by atoms with Gasteiger partial charge in [0, 0.05) is 10.0 Å². The Bertz CT molecular complexity index is 553. The Morgan fingerprint density at radius 2 is 2.00 bits per heavy atom. The van der Waals surface area contributed by atoms with Gasteiger partial charge in [0.05, 0.1) is 11.3 Å². The number of urea groups is 1. The first kappa shape index (κ1) is 14.8. The van der Waals surface area contributed by atoms with Crippen LogP contribution in [0.25, 0.3) is 0 Å². The van der Waals surface area contributed by atoms with Gasteiger partial charge in [-0.2, -0.15) is 0 Å². The average molecular weight is 341 g/mol. The molecule has 2 rings (SSSR count). The molecule has 0 unspecified atom stereocenters. The first-order chi connectivity index (χ1) is 9.29. The van der Waals surface area contributed by atoms with Crippen molar-refractivity contribution in [3.05, 3.63) is 28.2 Å². The fourth-order valence-corrected chi connectivity index (χ4v) is 2.52. The van der Waals surface area contributed by atoms with E-state index in [1.165, 1.54) is 6.07 Å². The fourth-order valence-electron chi connectivity index (χ4n) is 2.16. The first-order valence-corrected chi connectivity index (χ1v) is 7.21. The Morgan fingerprint density at radius 3 is 2.55 bits per heavy atom. The van der Waals surface area contributed by atoms with Crippen LogP contribution >= 0.6 is 15.9 Å². The van der Waals surface area contributed by atoms with E-state index in [4.69, 9.17) is 5.11 Å². The second-order valence-electron chi connectivity index (χ2n) is 5.57. The topological polar surface area (TPSA) is 78.4 Å². The van der Waals surface area contributed by atoms with Gasteiger partial charge in [-0.3, -0.25) is 0 Å². The zero-order chi connectivity index (χ0) is 14.9. The second kappa shape index (κ2) is 5.44. The van der Waals surface area contributed by atoms with E-state index in [0.29, 0.717) is 10.4 Å². The van der Waals surface area contributed by atoms with Crippen molar-refractivity contribution in [2.45, 2.75) is 32.2 Å². The highest BCUT2D eigenvalue weighted by Crippen LogP contribution is 2.39. The molecule has 0 bridgehead atoms. The number of carboxylic acid groups (broad SMARTS) is 1. The van der Waals surface area contributed by atoms with Gasteiger partial charge in [-0.1, -0.05) is 15.9 Å². The van der Waals surface area contributed by atoms with E-state index in [-0.39, 0.29) is 22.8 Å². The van der Waals surface area contributed by atoms with Crippen molar-refractivity contribution in [1.29, 1.82) is 0 Å². The van der Waals surface area contributed by atoms with Gasteiger partial charge in [-0.15, -0.1) is 0 Å². The van der Waals surface area contributed by atoms with Gasteiger partial charge in [0.2, 0.25) is 0 Å². The maximum atomic E-state index is 12.0. The number of benzene rings is 1. The third-order valence-electron chi connectivity index (χ3n) is 3.49. The molecule has 20 heavy (non-hydrogen) atoms. The number of nitrogens with one attached hydrogen (secondary N) is 2. The summed E-state index contributed by atoms with van der Waals surface area (Å²) in [6, 6.07) is 4.27. The highest BCUT2D eigenvalue weighted by Gasteiger charge is 2.38. The van der Waals surface area contributed by atoms with E-state index < -0.39 is 5.97 Å². The molecule has 0 saturated heterocycles. The van der Waals surface area contributed by atoms with Crippen LogP contribution in [0, 0.1) is 5.92 Å². The molecule has 0 radical (unpaired) electrons. The summed E-state index contributed by atoms with van der Waals surface area (Å²) in [5, 5.41) is 14.6. The molecule has 2 amide bonds. The van der Waals surface area contributed by atoms with Gasteiger partial charge >= 0.3 is 12.0 Å². The Labute approximate surface area is 125 Å². The number of carbonyl (C=O) groups excluding carboxylic acids is 1. The molecule has 1 aliphatic carbocycles. The minimum absolute atomic E-state index is 0.0626. The van der Waals surface area contributed by atoms with Gasteiger partial charge in [0.25, 0.3) is 0 Å². The molecule has 1 aromatic rings. The fraction of sp³-hybridized carbons (Fsp3) is 0.429. The smallest absolute Gasteiger partial charge is 0.337 e. The Morgan fingerprint density at radius 1 is 1.35 bits per heavy atom. The van der Waals surface area contributed by atoms with Gasteiger partial charge < -0.3 is 15.7 Å². The second-order valence-corrected chi connectivity index (χ2v) is 6.49. The molecule has 0 aromatic heterocycles. The van der Waals surface area contributed by atoms with E-state index in [0.717, 1.165) is 12.8 Å². The summed E-state index contributed by atoms with van der Waals surface area (Å²) in [5.74, 6) is -0.580. The molecule has 1 aromatic carbocycles. The zero-order valence-electron chi connectivity index (χ0n) is 11.4. The SMILES string of the molecule is CC(C)(NC(=O)Nc1cc(Br)ccc1C(=O)O)C1CC1. The lowest BCUT2D eigenvalue weighted by Gasteiger charge is -2.26. The van der Waals surface area contributed by atoms with Crippen molar-refractivity contribution in [2.75, 3.05) is 5.32 Å². The van der Waals surface area contributed by atoms with E-state index in [9.17, 15) is 9.59 Å². The number of anilines is 1. The highest BCUT2D eigenvalue weighted by molar-refractivity contribution is 9.10. The minimum atomic E-state index is -1.07. The summed E-state index contributed by atoms with van der Waals surface area (Å²) in [7, 11) is 0. The van der Waals surface area contributed by atoms with Crippen molar-refractivity contribution in [3.8, 4) is 0 Å². The molecule has 1 fully saturated rings. The molecule has 1 aliphatic rings. The van der Waals surface area contributed by atoms with Crippen LogP contribution in [0.2, 0.25) is 0 Å². The Kier molecular flexibility index (Phi) is 4.04. The summed E-state index contributed by atoms with van der Waals surface area (Å²) in [5.41, 5.74) is 0.0583. The summed E-state index contributed by atoms with van der Waals surface area (Å²) in [6.45, 7) is 3.95. The molecular formula is C14H17BrN2O3. The standard InChI is InChI=1S/C14H17BrN2O3/c1-14(2,8-3-4-8)17-13(20)16-11-7-9(15)5-6-10(11)12(18)19/h5-8H,3-4H2,1-2H3,(H,18,19)(H2,16,17,20). The lowest BCUT2D eigenvalue weighted by atomic mass is 9.99. The van der Waals surface area contributed by atoms with Crippen LogP contribution in [0.1, 0.15) is 37.0 Å². The lowest BCUT2D eigenvalue weighted by Crippen LogP contribution is -2.47. The van der Waals surface area contributed by atoms with Crippen LogP contribution in [-0.4, -0.2) is 22.6 Å². The normalized spacial score (nSPS) is 14.8. The molecule has 0 spiro atoms. The average Bonchev–Trinajstić information content (AvgIpc) is 3.11. The summed E-state index contributed by atoms with van der Waals surface area (Å²) < 4.78 is 0.708. The van der Waals surface area contributed by atoms with Crippen molar-refractivity contribution >= 4 is 33.6 Å². The highest BCUT2D eigenvalue weighted by atomic mass is 79.9. The van der Waals surface area contributed by atoms with E-state index in [2.05, 4.69) is 26.6 Å². The minimum Gasteiger partial charge on any atom is -0.478 e. The maximum Gasteiger partial charge on any atom is 0.337 e. The van der Waals surface area contributed by atoms with Gasteiger partial charge in [-0.05, 0) is 50.8 Å². The summed E-state index contributed by atoms with van der Waals surface area (Å²) >= 11 is 3.27. The molecule has 108 valence electrons. The Hall–Kier alpha value is -1.56. The van der Waals surface area contributed by atoms with Crippen LogP contribution in [0.4, 0.5) is 10.5 Å². The number of halogens is 1. The summed E-state index contributed by atoms with van der Waals surface area (Å²) in [6.07, 6.45) is 2.23. The molecule has 0 heterocycles. The van der Waals surface area contributed by atoms with Crippen LogP contribution in [-0.2, 0) is 0 Å². The van der Waals surface area contributed by atoms with Gasteiger partial charge in [-0.25, -0.2) is 9.59 Å². The predicted octanol–water partition coefficient (Wildman–Crippen LogP) is 3.46. The van der Waals surface area contributed by atoms with E-state index in [1.807, 2.05) is 13.8 Å². The molecule has 3 N–H and O–H groups in total. The third-order valence-corrected chi connectivity index (χ3v) is 3.99. The summed E-state index contributed by atoms with van der Waals surface area (Å²) in [4.78, 5) is 23.1. The van der Waals surface area contributed by atoms with E-state index in [1.54, 1.807) is 12.1 Å². The number of hydrogen-bond donors (Lipinski definition) is 3. The number of carbonyl (C=O) groups is 2. The largest absolute Gasteiger partial charge is 0.478 e. The lowest BCUT2D eigenvalue weighted by molar-refractivity contribution is 0.0698. The van der Waals surface area contributed by atoms with Crippen molar-refractivity contribution < 1.29 is 14.7 Å². The quantitative estimate of drug-likeness (QED) is 0.785. The third kappa shape index (κ3) is 3.50. The van der Waals surface area contributed by atoms with Gasteiger partial charge in [0.1, 0.15) is 0 Å². The number of amides is 2. The van der Waals surface area contributed by atoms with Crippen LogP contribution in [0.15, 0.2) is 22.7 Å². The number of aromatic carboxylic acids is 1. The molecule has 0 atom stereocenters. The molecule has 0 aliphatic heterocycles. The Balaban J connectivity index is 2.11. The molecule has 6 heteroatoms. The van der Waals surface area contributed by atoms with Crippen molar-refractivity contribution in [1.82, 2.24) is 5.32 Å². The van der Waals surface area contributed by atoms with Crippen LogP contribution < -0.4 is 10.6 Å². The van der Waals surface area contributed by atoms with Crippen LogP contribution in [0.5, 0.6) is 0 Å².